The third-order valence-corrected chi connectivity index (χ3v) is 2.13. The molecular formula is C11H8O4. The van der Waals surface area contributed by atoms with Crippen LogP contribution in [-0.4, -0.2) is 17.0 Å². The standard InChI is InChI=1S/C11H8O4/c12-10(13)4-2-7-1-3-8-6-15-11(14)9(8)5-7/h1-5H,6H2,(H,12,13). The molecule has 1 heterocycles. The number of aliphatic carboxylic acids is 1. The van der Waals surface area contributed by atoms with E-state index in [0.717, 1.165) is 11.6 Å². The lowest BCUT2D eigenvalue weighted by atomic mass is 10.1. The second-order valence-corrected chi connectivity index (χ2v) is 3.16. The number of carboxylic acid groups (broad SMARTS) is 1. The number of carboxylic acids is 1. The molecule has 0 bridgehead atoms. The first-order valence-corrected chi connectivity index (χ1v) is 4.38. The number of carbonyl (C=O) groups is 2. The van der Waals surface area contributed by atoms with Crippen molar-refractivity contribution < 1.29 is 19.4 Å². The van der Waals surface area contributed by atoms with Crippen LogP contribution in [0.3, 0.4) is 0 Å². The van der Waals surface area contributed by atoms with Gasteiger partial charge in [0, 0.05) is 11.6 Å². The Balaban J connectivity index is 2.33. The summed E-state index contributed by atoms with van der Waals surface area (Å²) in [6.07, 6.45) is 2.47. The third kappa shape index (κ3) is 1.88. The molecule has 0 saturated carbocycles. The lowest BCUT2D eigenvalue weighted by Gasteiger charge is -1.95. The van der Waals surface area contributed by atoms with Gasteiger partial charge in [0.15, 0.2) is 0 Å². The van der Waals surface area contributed by atoms with Gasteiger partial charge in [-0.25, -0.2) is 9.59 Å². The first-order chi connectivity index (χ1) is 7.16. The number of esters is 1. The largest absolute Gasteiger partial charge is 0.478 e. The Morgan fingerprint density at radius 1 is 1.47 bits per heavy atom. The van der Waals surface area contributed by atoms with Crippen LogP contribution in [-0.2, 0) is 16.1 Å². The van der Waals surface area contributed by atoms with E-state index in [-0.39, 0.29) is 5.97 Å². The molecule has 1 aromatic carbocycles. The van der Waals surface area contributed by atoms with Crippen LogP contribution in [0, 0.1) is 0 Å². The highest BCUT2D eigenvalue weighted by Crippen LogP contribution is 2.21. The van der Waals surface area contributed by atoms with E-state index in [4.69, 9.17) is 9.84 Å². The fraction of sp³-hybridized carbons (Fsp3) is 0.0909. The minimum absolute atomic E-state index is 0.303. The molecule has 0 fully saturated rings. The summed E-state index contributed by atoms with van der Waals surface area (Å²) in [5.74, 6) is -1.37. The van der Waals surface area contributed by atoms with Gasteiger partial charge in [-0.2, -0.15) is 0 Å². The molecule has 0 unspecified atom stereocenters. The molecule has 0 amide bonds. The number of ether oxygens (including phenoxy) is 1. The van der Waals surface area contributed by atoms with Crippen molar-refractivity contribution in [1.82, 2.24) is 0 Å². The van der Waals surface area contributed by atoms with Crippen molar-refractivity contribution in [3.8, 4) is 0 Å². The van der Waals surface area contributed by atoms with Crippen molar-refractivity contribution in [1.29, 1.82) is 0 Å². The van der Waals surface area contributed by atoms with Crippen molar-refractivity contribution in [2.75, 3.05) is 0 Å². The topological polar surface area (TPSA) is 63.6 Å². The predicted molar refractivity (Wildman–Crippen MR) is 52.2 cm³/mol. The molecule has 4 nitrogen and oxygen atoms in total. The van der Waals surface area contributed by atoms with E-state index >= 15 is 0 Å². The molecule has 1 aliphatic heterocycles. The molecule has 0 saturated heterocycles. The van der Waals surface area contributed by atoms with Crippen LogP contribution < -0.4 is 0 Å². The van der Waals surface area contributed by atoms with Gasteiger partial charge in [0.2, 0.25) is 0 Å². The quantitative estimate of drug-likeness (QED) is 0.585. The van der Waals surface area contributed by atoms with E-state index in [2.05, 4.69) is 0 Å². The molecule has 4 heteroatoms. The summed E-state index contributed by atoms with van der Waals surface area (Å²) in [5.41, 5.74) is 2.03. The second kappa shape index (κ2) is 3.57. The highest BCUT2D eigenvalue weighted by Gasteiger charge is 2.20. The normalized spacial score (nSPS) is 14.0. The lowest BCUT2D eigenvalue weighted by Crippen LogP contribution is -1.94. The zero-order valence-corrected chi connectivity index (χ0v) is 7.77. The number of fused-ring (bicyclic) bond motifs is 1. The Bertz CT molecular complexity index is 460. The Morgan fingerprint density at radius 3 is 3.00 bits per heavy atom. The molecule has 0 atom stereocenters. The number of carbonyl (C=O) groups excluding carboxylic acids is 1. The average molecular weight is 204 g/mol. The van der Waals surface area contributed by atoms with Crippen LogP contribution in [0.2, 0.25) is 0 Å². The highest BCUT2D eigenvalue weighted by atomic mass is 16.5. The summed E-state index contributed by atoms with van der Waals surface area (Å²) in [7, 11) is 0. The molecule has 0 aromatic heterocycles. The van der Waals surface area contributed by atoms with Gasteiger partial charge in [0.1, 0.15) is 6.61 Å². The Kier molecular flexibility index (Phi) is 2.25. The molecule has 1 aromatic rings. The van der Waals surface area contributed by atoms with Gasteiger partial charge in [-0.3, -0.25) is 0 Å². The number of benzene rings is 1. The fourth-order valence-corrected chi connectivity index (χ4v) is 1.40. The zero-order chi connectivity index (χ0) is 10.8. The minimum atomic E-state index is -1.02. The van der Waals surface area contributed by atoms with Crippen molar-refractivity contribution >= 4 is 18.0 Å². The minimum Gasteiger partial charge on any atom is -0.478 e. The Morgan fingerprint density at radius 2 is 2.27 bits per heavy atom. The van der Waals surface area contributed by atoms with Gasteiger partial charge >= 0.3 is 11.9 Å². The first kappa shape index (κ1) is 9.45. The van der Waals surface area contributed by atoms with Gasteiger partial charge in [-0.05, 0) is 17.7 Å². The van der Waals surface area contributed by atoms with Crippen molar-refractivity contribution in [2.45, 2.75) is 6.61 Å². The predicted octanol–water partition coefficient (Wildman–Crippen LogP) is 1.45. The SMILES string of the molecule is O=C(O)C=Cc1ccc2c(c1)C(=O)OC2. The smallest absolute Gasteiger partial charge is 0.338 e. The van der Waals surface area contributed by atoms with Gasteiger partial charge in [0.05, 0.1) is 5.56 Å². The molecule has 15 heavy (non-hydrogen) atoms. The monoisotopic (exact) mass is 204 g/mol. The fourth-order valence-electron chi connectivity index (χ4n) is 1.40. The van der Waals surface area contributed by atoms with E-state index < -0.39 is 5.97 Å². The molecule has 0 aliphatic carbocycles. The van der Waals surface area contributed by atoms with Gasteiger partial charge in [-0.15, -0.1) is 0 Å². The summed E-state index contributed by atoms with van der Waals surface area (Å²) in [6.45, 7) is 0.303. The molecular weight excluding hydrogens is 196 g/mol. The maximum Gasteiger partial charge on any atom is 0.338 e. The number of hydrogen-bond donors (Lipinski definition) is 1. The van der Waals surface area contributed by atoms with Crippen LogP contribution in [0.15, 0.2) is 24.3 Å². The summed E-state index contributed by atoms with van der Waals surface area (Å²) >= 11 is 0. The summed E-state index contributed by atoms with van der Waals surface area (Å²) in [4.78, 5) is 21.5. The van der Waals surface area contributed by atoms with Crippen LogP contribution in [0.5, 0.6) is 0 Å². The van der Waals surface area contributed by atoms with Crippen molar-refractivity contribution in [2.24, 2.45) is 0 Å². The van der Waals surface area contributed by atoms with Crippen molar-refractivity contribution in [3.63, 3.8) is 0 Å². The maximum atomic E-state index is 11.2. The van der Waals surface area contributed by atoms with Crippen molar-refractivity contribution in [3.05, 3.63) is 41.0 Å². The molecule has 76 valence electrons. The number of cyclic esters (lactones) is 1. The van der Waals surface area contributed by atoms with E-state index in [1.54, 1.807) is 18.2 Å². The van der Waals surface area contributed by atoms with Gasteiger partial charge < -0.3 is 9.84 Å². The molecule has 1 N–H and O–H groups in total. The number of rotatable bonds is 2. The van der Waals surface area contributed by atoms with E-state index in [1.165, 1.54) is 6.08 Å². The van der Waals surface area contributed by atoms with Crippen LogP contribution in [0.25, 0.3) is 6.08 Å². The van der Waals surface area contributed by atoms with Crippen LogP contribution in [0.1, 0.15) is 21.5 Å². The molecule has 1 aliphatic rings. The molecule has 0 spiro atoms. The van der Waals surface area contributed by atoms with Gasteiger partial charge in [-0.1, -0.05) is 12.1 Å². The second-order valence-electron chi connectivity index (χ2n) is 3.16. The number of hydrogen-bond acceptors (Lipinski definition) is 3. The highest BCUT2D eigenvalue weighted by molar-refractivity contribution is 5.94. The summed E-state index contributed by atoms with van der Waals surface area (Å²) in [5, 5.41) is 8.44. The van der Waals surface area contributed by atoms with E-state index in [1.807, 2.05) is 0 Å². The van der Waals surface area contributed by atoms with E-state index in [9.17, 15) is 9.59 Å². The Hall–Kier alpha value is -2.10. The lowest BCUT2D eigenvalue weighted by molar-refractivity contribution is -0.131. The molecule has 0 radical (unpaired) electrons. The first-order valence-electron chi connectivity index (χ1n) is 4.38. The van der Waals surface area contributed by atoms with Crippen LogP contribution in [0.4, 0.5) is 0 Å². The maximum absolute atomic E-state index is 11.2. The average Bonchev–Trinajstić information content (AvgIpc) is 2.57. The summed E-state index contributed by atoms with van der Waals surface area (Å²) in [6, 6.07) is 5.14. The van der Waals surface area contributed by atoms with Gasteiger partial charge in [0.25, 0.3) is 0 Å². The zero-order valence-electron chi connectivity index (χ0n) is 7.77. The third-order valence-electron chi connectivity index (χ3n) is 2.13. The molecule has 2 rings (SSSR count). The summed E-state index contributed by atoms with van der Waals surface area (Å²) < 4.78 is 4.82. The van der Waals surface area contributed by atoms with E-state index in [0.29, 0.717) is 17.7 Å². The van der Waals surface area contributed by atoms with Crippen LogP contribution >= 0.6 is 0 Å². The Labute approximate surface area is 85.8 Å².